The fourth-order valence-corrected chi connectivity index (χ4v) is 1.28. The molecule has 0 saturated heterocycles. The first-order valence-electron chi connectivity index (χ1n) is 5.45. The van der Waals surface area contributed by atoms with Gasteiger partial charge in [0.2, 0.25) is 0 Å². The van der Waals surface area contributed by atoms with Gasteiger partial charge in [0, 0.05) is 14.2 Å². The third-order valence-corrected chi connectivity index (χ3v) is 2.33. The van der Waals surface area contributed by atoms with Gasteiger partial charge in [-0.25, -0.2) is 0 Å². The second kappa shape index (κ2) is 9.44. The molecule has 0 fully saturated rings. The molecule has 14 heavy (non-hydrogen) atoms. The van der Waals surface area contributed by atoms with Gasteiger partial charge >= 0.3 is 0 Å². The molecular weight excluding hydrogens is 180 g/mol. The predicted octanol–water partition coefficient (Wildman–Crippen LogP) is 2.59. The molecule has 0 bridgehead atoms. The van der Waals surface area contributed by atoms with Gasteiger partial charge in [0.25, 0.3) is 0 Å². The lowest BCUT2D eigenvalue weighted by Crippen LogP contribution is -2.24. The van der Waals surface area contributed by atoms with E-state index in [2.05, 4.69) is 13.8 Å². The Morgan fingerprint density at radius 2 is 1.71 bits per heavy atom. The highest BCUT2D eigenvalue weighted by Crippen LogP contribution is 2.09. The van der Waals surface area contributed by atoms with Crippen LogP contribution in [0.25, 0.3) is 0 Å². The van der Waals surface area contributed by atoms with Crippen LogP contribution >= 0.6 is 0 Å². The normalized spacial score (nSPS) is 13.5. The van der Waals surface area contributed by atoms with Crippen molar-refractivity contribution in [1.82, 2.24) is 0 Å². The summed E-state index contributed by atoms with van der Waals surface area (Å²) in [6.07, 6.45) is 4.75. The summed E-state index contributed by atoms with van der Waals surface area (Å²) >= 11 is 0. The summed E-state index contributed by atoms with van der Waals surface area (Å²) in [6.45, 7) is 4.87. The van der Waals surface area contributed by atoms with E-state index in [-0.39, 0.29) is 6.29 Å². The van der Waals surface area contributed by atoms with Crippen molar-refractivity contribution in [3.05, 3.63) is 0 Å². The first-order chi connectivity index (χ1) is 6.78. The molecule has 1 unspecified atom stereocenters. The second-order valence-electron chi connectivity index (χ2n) is 3.41. The Hall–Kier alpha value is -0.120. The van der Waals surface area contributed by atoms with Crippen molar-refractivity contribution in [2.24, 2.45) is 0 Å². The van der Waals surface area contributed by atoms with Gasteiger partial charge in [-0.05, 0) is 12.8 Å². The molecule has 0 saturated carbocycles. The Bertz CT molecular complexity index is 113. The Morgan fingerprint density at radius 3 is 2.14 bits per heavy atom. The predicted molar refractivity (Wildman–Crippen MR) is 57.4 cm³/mol. The van der Waals surface area contributed by atoms with Crippen molar-refractivity contribution < 1.29 is 14.2 Å². The lowest BCUT2D eigenvalue weighted by Gasteiger charge is -2.19. The zero-order chi connectivity index (χ0) is 10.8. The molecule has 0 aliphatic heterocycles. The van der Waals surface area contributed by atoms with E-state index in [0.29, 0.717) is 12.7 Å². The maximum Gasteiger partial charge on any atom is 0.180 e. The number of methoxy groups -OCH3 is 2. The zero-order valence-electron chi connectivity index (χ0n) is 9.91. The van der Waals surface area contributed by atoms with E-state index in [1.165, 1.54) is 12.8 Å². The third kappa shape index (κ3) is 6.35. The van der Waals surface area contributed by atoms with Crippen molar-refractivity contribution in [2.75, 3.05) is 20.8 Å². The van der Waals surface area contributed by atoms with Crippen molar-refractivity contribution in [3.8, 4) is 0 Å². The van der Waals surface area contributed by atoms with Gasteiger partial charge in [-0.15, -0.1) is 0 Å². The Labute approximate surface area is 87.7 Å². The molecule has 0 radical (unpaired) electrons. The van der Waals surface area contributed by atoms with E-state index < -0.39 is 0 Å². The van der Waals surface area contributed by atoms with Crippen LogP contribution in [0.3, 0.4) is 0 Å². The number of hydrogen-bond donors (Lipinski definition) is 0. The molecule has 0 aromatic rings. The Kier molecular flexibility index (Phi) is 9.35. The van der Waals surface area contributed by atoms with Gasteiger partial charge in [-0.3, -0.25) is 0 Å². The third-order valence-electron chi connectivity index (χ3n) is 2.33. The van der Waals surface area contributed by atoms with Crippen molar-refractivity contribution >= 4 is 0 Å². The lowest BCUT2D eigenvalue weighted by molar-refractivity contribution is -0.152. The minimum absolute atomic E-state index is 0.231. The molecule has 0 N–H and O–H groups in total. The number of ether oxygens (including phenoxy) is 3. The maximum absolute atomic E-state index is 5.69. The lowest BCUT2D eigenvalue weighted by atomic mass is 10.1. The summed E-state index contributed by atoms with van der Waals surface area (Å²) in [6, 6.07) is 0. The minimum Gasteiger partial charge on any atom is -0.373 e. The second-order valence-corrected chi connectivity index (χ2v) is 3.41. The van der Waals surface area contributed by atoms with Crippen LogP contribution < -0.4 is 0 Å². The average molecular weight is 204 g/mol. The Balaban J connectivity index is 3.59. The molecule has 0 aliphatic carbocycles. The average Bonchev–Trinajstić information content (AvgIpc) is 2.23. The molecule has 0 rings (SSSR count). The highest BCUT2D eigenvalue weighted by molar-refractivity contribution is 4.55. The highest BCUT2D eigenvalue weighted by Gasteiger charge is 2.10. The van der Waals surface area contributed by atoms with Gasteiger partial charge in [-0.1, -0.05) is 26.7 Å². The van der Waals surface area contributed by atoms with Crippen LogP contribution in [0.15, 0.2) is 0 Å². The number of unbranched alkanes of at least 4 members (excludes halogenated alkanes) is 1. The quantitative estimate of drug-likeness (QED) is 0.540. The van der Waals surface area contributed by atoms with E-state index in [0.717, 1.165) is 12.8 Å². The van der Waals surface area contributed by atoms with Crippen molar-refractivity contribution in [3.63, 3.8) is 0 Å². The summed E-state index contributed by atoms with van der Waals surface area (Å²) in [7, 11) is 3.26. The molecule has 0 spiro atoms. The van der Waals surface area contributed by atoms with Gasteiger partial charge < -0.3 is 14.2 Å². The smallest absolute Gasteiger partial charge is 0.180 e. The van der Waals surface area contributed by atoms with Crippen molar-refractivity contribution in [1.29, 1.82) is 0 Å². The van der Waals surface area contributed by atoms with Crippen LogP contribution in [0.5, 0.6) is 0 Å². The van der Waals surface area contributed by atoms with Gasteiger partial charge in [-0.2, -0.15) is 0 Å². The molecule has 0 amide bonds. The van der Waals surface area contributed by atoms with Crippen LogP contribution in [0.2, 0.25) is 0 Å². The highest BCUT2D eigenvalue weighted by atomic mass is 16.7. The summed E-state index contributed by atoms with van der Waals surface area (Å²) in [5.41, 5.74) is 0. The number of hydrogen-bond acceptors (Lipinski definition) is 3. The molecule has 3 nitrogen and oxygen atoms in total. The molecule has 1 atom stereocenters. The van der Waals surface area contributed by atoms with E-state index in [4.69, 9.17) is 14.2 Å². The fraction of sp³-hybridized carbons (Fsp3) is 1.00. The van der Waals surface area contributed by atoms with Gasteiger partial charge in [0.15, 0.2) is 6.29 Å². The Morgan fingerprint density at radius 1 is 1.07 bits per heavy atom. The SMILES string of the molecule is CCCCC(CC)OCC(OC)OC. The van der Waals surface area contributed by atoms with Gasteiger partial charge in [0.05, 0.1) is 12.7 Å². The topological polar surface area (TPSA) is 27.7 Å². The molecule has 3 heteroatoms. The maximum atomic E-state index is 5.69. The summed E-state index contributed by atoms with van der Waals surface area (Å²) in [5.74, 6) is 0. The first kappa shape index (κ1) is 13.9. The molecular formula is C11H24O3. The van der Waals surface area contributed by atoms with Crippen LogP contribution in [0.1, 0.15) is 39.5 Å². The molecule has 0 heterocycles. The zero-order valence-corrected chi connectivity index (χ0v) is 9.91. The van der Waals surface area contributed by atoms with Gasteiger partial charge in [0.1, 0.15) is 0 Å². The first-order valence-corrected chi connectivity index (χ1v) is 5.45. The summed E-state index contributed by atoms with van der Waals surface area (Å²) in [5, 5.41) is 0. The van der Waals surface area contributed by atoms with Crippen LogP contribution in [0, 0.1) is 0 Å². The number of rotatable bonds is 9. The molecule has 0 aromatic carbocycles. The largest absolute Gasteiger partial charge is 0.373 e. The van der Waals surface area contributed by atoms with Crippen LogP contribution in [-0.2, 0) is 14.2 Å². The van der Waals surface area contributed by atoms with E-state index in [1.807, 2.05) is 0 Å². The molecule has 86 valence electrons. The van der Waals surface area contributed by atoms with E-state index in [1.54, 1.807) is 14.2 Å². The van der Waals surface area contributed by atoms with Crippen molar-refractivity contribution in [2.45, 2.75) is 51.9 Å². The van der Waals surface area contributed by atoms with E-state index in [9.17, 15) is 0 Å². The molecule has 0 aliphatic rings. The minimum atomic E-state index is -0.231. The van der Waals surface area contributed by atoms with Crippen LogP contribution in [-0.4, -0.2) is 33.2 Å². The summed E-state index contributed by atoms with van der Waals surface area (Å²) < 4.78 is 15.8. The van der Waals surface area contributed by atoms with E-state index >= 15 is 0 Å². The fourth-order valence-electron chi connectivity index (χ4n) is 1.28. The summed E-state index contributed by atoms with van der Waals surface area (Å²) in [4.78, 5) is 0. The standard InChI is InChI=1S/C11H24O3/c1-5-7-8-10(6-2)14-9-11(12-3)13-4/h10-11H,5-9H2,1-4H3. The van der Waals surface area contributed by atoms with Crippen LogP contribution in [0.4, 0.5) is 0 Å². The molecule has 0 aromatic heterocycles. The monoisotopic (exact) mass is 204 g/mol.